The molecule has 13 heavy (non-hydrogen) atoms. The van der Waals surface area contributed by atoms with Gasteiger partial charge in [0.15, 0.2) is 0 Å². The molecule has 0 aromatic heterocycles. The van der Waals surface area contributed by atoms with Crippen LogP contribution in [0.15, 0.2) is 0 Å². The first-order chi connectivity index (χ1) is 5.99. The zero-order chi connectivity index (χ0) is 10.1. The average molecular weight is 187 g/mol. The Balaban J connectivity index is 2.87. The van der Waals surface area contributed by atoms with Crippen LogP contribution in [0, 0.1) is 5.92 Å². The van der Waals surface area contributed by atoms with Gasteiger partial charge < -0.3 is 15.5 Å². The summed E-state index contributed by atoms with van der Waals surface area (Å²) in [4.78, 5) is 21.4. The topological polar surface area (TPSA) is 86.6 Å². The maximum absolute atomic E-state index is 10.9. The Kier molecular flexibility index (Phi) is 2.45. The lowest BCUT2D eigenvalue weighted by Crippen LogP contribution is -2.55. The molecule has 1 aliphatic carbocycles. The predicted molar refractivity (Wildman–Crippen MR) is 44.5 cm³/mol. The van der Waals surface area contributed by atoms with E-state index in [9.17, 15) is 9.59 Å². The first-order valence-corrected chi connectivity index (χ1v) is 4.23. The lowest BCUT2D eigenvalue weighted by molar-refractivity contribution is -0.146. The van der Waals surface area contributed by atoms with Crippen LogP contribution in [-0.4, -0.2) is 27.8 Å². The van der Waals surface area contributed by atoms with E-state index in [1.165, 1.54) is 0 Å². The van der Waals surface area contributed by atoms with Crippen LogP contribution in [0.25, 0.3) is 0 Å². The molecule has 1 rings (SSSR count). The van der Waals surface area contributed by atoms with Crippen LogP contribution in [0.5, 0.6) is 0 Å². The van der Waals surface area contributed by atoms with Crippen molar-refractivity contribution >= 4 is 12.1 Å². The summed E-state index contributed by atoms with van der Waals surface area (Å²) < 4.78 is 0. The van der Waals surface area contributed by atoms with Crippen LogP contribution in [0.2, 0.25) is 0 Å². The van der Waals surface area contributed by atoms with Crippen molar-refractivity contribution in [1.29, 1.82) is 0 Å². The van der Waals surface area contributed by atoms with Gasteiger partial charge in [-0.2, -0.15) is 0 Å². The van der Waals surface area contributed by atoms with Gasteiger partial charge in [0.2, 0.25) is 0 Å². The summed E-state index contributed by atoms with van der Waals surface area (Å²) >= 11 is 0. The summed E-state index contributed by atoms with van der Waals surface area (Å²) in [7, 11) is 0. The molecule has 1 fully saturated rings. The molecule has 0 spiro atoms. The standard InChI is InChI=1S/C8H13NO4/c1-5-3-2-4-8(5,6(10)11)9-7(12)13/h5,9H,2-4H2,1H3,(H,10,11)(H,12,13)/t5-,8-/m1/s1. The van der Waals surface area contributed by atoms with Gasteiger partial charge in [-0.05, 0) is 18.8 Å². The van der Waals surface area contributed by atoms with Crippen LogP contribution >= 0.6 is 0 Å². The van der Waals surface area contributed by atoms with Gasteiger partial charge in [-0.15, -0.1) is 0 Å². The molecule has 0 unspecified atom stereocenters. The van der Waals surface area contributed by atoms with Crippen molar-refractivity contribution in [1.82, 2.24) is 5.32 Å². The molecule has 1 amide bonds. The molecule has 1 aliphatic rings. The fourth-order valence-corrected chi connectivity index (χ4v) is 1.93. The highest BCUT2D eigenvalue weighted by Crippen LogP contribution is 2.35. The van der Waals surface area contributed by atoms with Gasteiger partial charge in [0.1, 0.15) is 5.54 Å². The molecule has 3 N–H and O–H groups in total. The van der Waals surface area contributed by atoms with Crippen molar-refractivity contribution in [2.45, 2.75) is 31.7 Å². The summed E-state index contributed by atoms with van der Waals surface area (Å²) in [5.74, 6) is -1.21. The molecule has 0 saturated heterocycles. The van der Waals surface area contributed by atoms with E-state index >= 15 is 0 Å². The second kappa shape index (κ2) is 3.24. The summed E-state index contributed by atoms with van der Waals surface area (Å²) in [5.41, 5.74) is -1.26. The molecule has 5 heteroatoms. The molecule has 1 saturated carbocycles. The number of hydrogen-bond donors (Lipinski definition) is 3. The highest BCUT2D eigenvalue weighted by atomic mass is 16.4. The maximum Gasteiger partial charge on any atom is 0.405 e. The minimum atomic E-state index is -1.27. The first kappa shape index (κ1) is 9.83. The number of nitrogens with one attached hydrogen (secondary N) is 1. The van der Waals surface area contributed by atoms with E-state index < -0.39 is 17.6 Å². The second-order valence-corrected chi connectivity index (χ2v) is 3.50. The predicted octanol–water partition coefficient (Wildman–Crippen LogP) is 0.897. The Morgan fingerprint density at radius 2 is 2.08 bits per heavy atom. The largest absolute Gasteiger partial charge is 0.479 e. The zero-order valence-corrected chi connectivity index (χ0v) is 7.41. The Bertz CT molecular complexity index is 240. The fourth-order valence-electron chi connectivity index (χ4n) is 1.93. The van der Waals surface area contributed by atoms with Crippen molar-refractivity contribution in [2.75, 3.05) is 0 Å². The molecule has 0 aromatic rings. The van der Waals surface area contributed by atoms with Crippen molar-refractivity contribution < 1.29 is 19.8 Å². The molecule has 0 aromatic carbocycles. The Labute approximate surface area is 75.7 Å². The van der Waals surface area contributed by atoms with E-state index in [1.54, 1.807) is 6.92 Å². The van der Waals surface area contributed by atoms with E-state index in [-0.39, 0.29) is 5.92 Å². The Morgan fingerprint density at radius 3 is 2.38 bits per heavy atom. The molecule has 74 valence electrons. The highest BCUT2D eigenvalue weighted by Gasteiger charge is 2.48. The van der Waals surface area contributed by atoms with Crippen LogP contribution < -0.4 is 5.32 Å². The number of carboxylic acids is 1. The number of rotatable bonds is 2. The Hall–Kier alpha value is -1.26. The lowest BCUT2D eigenvalue weighted by atomic mass is 9.88. The maximum atomic E-state index is 10.9. The highest BCUT2D eigenvalue weighted by molar-refractivity contribution is 5.84. The summed E-state index contributed by atoms with van der Waals surface area (Å²) in [6, 6.07) is 0. The molecular formula is C8H13NO4. The van der Waals surface area contributed by atoms with E-state index in [0.29, 0.717) is 6.42 Å². The molecule has 2 atom stereocenters. The van der Waals surface area contributed by atoms with Gasteiger partial charge in [-0.25, -0.2) is 9.59 Å². The quantitative estimate of drug-likeness (QED) is 0.599. The molecule has 0 radical (unpaired) electrons. The molecular weight excluding hydrogens is 174 g/mol. The van der Waals surface area contributed by atoms with Crippen molar-refractivity contribution in [3.63, 3.8) is 0 Å². The van der Waals surface area contributed by atoms with E-state index in [0.717, 1.165) is 12.8 Å². The van der Waals surface area contributed by atoms with E-state index in [1.807, 2.05) is 0 Å². The summed E-state index contributed by atoms with van der Waals surface area (Å²) in [5, 5.41) is 19.6. The van der Waals surface area contributed by atoms with Gasteiger partial charge in [0.05, 0.1) is 0 Å². The number of carboxylic acid groups (broad SMARTS) is 2. The summed E-state index contributed by atoms with van der Waals surface area (Å²) in [6.07, 6.45) is 0.631. The first-order valence-electron chi connectivity index (χ1n) is 4.23. The van der Waals surface area contributed by atoms with E-state index in [4.69, 9.17) is 10.2 Å². The third-order valence-electron chi connectivity index (χ3n) is 2.76. The monoisotopic (exact) mass is 187 g/mol. The van der Waals surface area contributed by atoms with Crippen molar-refractivity contribution in [3.05, 3.63) is 0 Å². The minimum Gasteiger partial charge on any atom is -0.479 e. The van der Waals surface area contributed by atoms with Crippen LogP contribution in [-0.2, 0) is 4.79 Å². The fraction of sp³-hybridized carbons (Fsp3) is 0.750. The van der Waals surface area contributed by atoms with Gasteiger partial charge in [0, 0.05) is 0 Å². The molecule has 0 aliphatic heterocycles. The molecule has 0 heterocycles. The third-order valence-corrected chi connectivity index (χ3v) is 2.76. The van der Waals surface area contributed by atoms with E-state index in [2.05, 4.69) is 5.32 Å². The molecule has 5 nitrogen and oxygen atoms in total. The number of amides is 1. The third kappa shape index (κ3) is 1.59. The number of hydrogen-bond acceptors (Lipinski definition) is 2. The lowest BCUT2D eigenvalue weighted by Gasteiger charge is -2.28. The minimum absolute atomic E-state index is 0.138. The Morgan fingerprint density at radius 1 is 1.46 bits per heavy atom. The van der Waals surface area contributed by atoms with Gasteiger partial charge in [0.25, 0.3) is 0 Å². The van der Waals surface area contributed by atoms with Gasteiger partial charge in [-0.3, -0.25) is 0 Å². The van der Waals surface area contributed by atoms with Crippen LogP contribution in [0.1, 0.15) is 26.2 Å². The van der Waals surface area contributed by atoms with Crippen LogP contribution in [0.3, 0.4) is 0 Å². The van der Waals surface area contributed by atoms with Crippen molar-refractivity contribution in [2.24, 2.45) is 5.92 Å². The number of aliphatic carboxylic acids is 1. The van der Waals surface area contributed by atoms with Gasteiger partial charge in [-0.1, -0.05) is 13.3 Å². The normalized spacial score (nSPS) is 32.8. The molecule has 0 bridgehead atoms. The number of carbonyl (C=O) groups is 2. The SMILES string of the molecule is C[C@@H]1CCC[C@]1(NC(=O)O)C(=O)O. The zero-order valence-electron chi connectivity index (χ0n) is 7.41. The smallest absolute Gasteiger partial charge is 0.405 e. The van der Waals surface area contributed by atoms with Gasteiger partial charge >= 0.3 is 12.1 Å². The summed E-state index contributed by atoms with van der Waals surface area (Å²) in [6.45, 7) is 1.76. The average Bonchev–Trinajstić information content (AvgIpc) is 2.32. The van der Waals surface area contributed by atoms with Crippen molar-refractivity contribution in [3.8, 4) is 0 Å². The van der Waals surface area contributed by atoms with Crippen LogP contribution in [0.4, 0.5) is 4.79 Å². The second-order valence-electron chi connectivity index (χ2n) is 3.50.